The minimum atomic E-state index is -0.270. The molecule has 5 nitrogen and oxygen atoms in total. The van der Waals surface area contributed by atoms with E-state index in [1.54, 1.807) is 12.1 Å². The summed E-state index contributed by atoms with van der Waals surface area (Å²) in [6.45, 7) is 2.82. The second-order valence-electron chi connectivity index (χ2n) is 7.80. The lowest BCUT2D eigenvalue weighted by molar-refractivity contribution is -0.122. The second kappa shape index (κ2) is 11.7. The van der Waals surface area contributed by atoms with Gasteiger partial charge in [0.1, 0.15) is 11.6 Å². The summed E-state index contributed by atoms with van der Waals surface area (Å²) in [5, 5.41) is 12.2. The lowest BCUT2D eigenvalue weighted by Gasteiger charge is -2.24. The zero-order valence-corrected chi connectivity index (χ0v) is 17.4. The van der Waals surface area contributed by atoms with Crippen molar-refractivity contribution in [3.05, 3.63) is 65.0 Å². The third-order valence-corrected chi connectivity index (χ3v) is 5.23. The number of amides is 1. The van der Waals surface area contributed by atoms with Crippen LogP contribution >= 0.6 is 0 Å². The number of aryl methyl sites for hydroxylation is 1. The van der Waals surface area contributed by atoms with E-state index in [1.165, 1.54) is 12.1 Å². The van der Waals surface area contributed by atoms with Crippen molar-refractivity contribution in [2.24, 2.45) is 0 Å². The summed E-state index contributed by atoms with van der Waals surface area (Å²) in [6.07, 6.45) is 4.38. The average Bonchev–Trinajstić information content (AvgIpc) is 2.75. The average molecular weight is 415 g/mol. The number of benzene rings is 2. The fourth-order valence-corrected chi connectivity index (χ4v) is 3.67. The topological polar surface area (TPSA) is 61.8 Å². The molecule has 0 saturated carbocycles. The molecule has 0 radical (unpaired) electrons. The quantitative estimate of drug-likeness (QED) is 0.787. The minimum absolute atomic E-state index is 0.00439. The molecule has 2 aromatic carbocycles. The Labute approximate surface area is 177 Å². The van der Waals surface area contributed by atoms with Crippen LogP contribution < -0.4 is 10.1 Å². The molecule has 0 spiro atoms. The predicted molar refractivity (Wildman–Crippen MR) is 115 cm³/mol. The van der Waals surface area contributed by atoms with Crippen LogP contribution in [0.25, 0.3) is 0 Å². The maximum atomic E-state index is 13.3. The Morgan fingerprint density at radius 2 is 1.83 bits per heavy atom. The summed E-state index contributed by atoms with van der Waals surface area (Å²) in [5.41, 5.74) is 3.12. The van der Waals surface area contributed by atoms with Gasteiger partial charge in [0.05, 0.1) is 13.2 Å². The van der Waals surface area contributed by atoms with Crippen LogP contribution in [0.3, 0.4) is 0 Å². The van der Waals surface area contributed by atoms with Crippen LogP contribution in [0.5, 0.6) is 5.75 Å². The van der Waals surface area contributed by atoms with Crippen molar-refractivity contribution < 1.29 is 19.0 Å². The van der Waals surface area contributed by atoms with Gasteiger partial charge < -0.3 is 15.2 Å². The number of ether oxygens (including phenoxy) is 1. The molecule has 6 heteroatoms. The van der Waals surface area contributed by atoms with E-state index in [1.807, 2.05) is 12.1 Å². The van der Waals surface area contributed by atoms with E-state index in [9.17, 15) is 9.18 Å². The number of carbonyl (C=O) groups excluding carboxylic acids is 1. The molecule has 0 aromatic heterocycles. The summed E-state index contributed by atoms with van der Waals surface area (Å²) in [4.78, 5) is 14.5. The van der Waals surface area contributed by atoms with E-state index in [0.717, 1.165) is 48.1 Å². The van der Waals surface area contributed by atoms with Gasteiger partial charge in [-0.3, -0.25) is 9.69 Å². The van der Waals surface area contributed by atoms with E-state index in [2.05, 4.69) is 16.3 Å². The number of fused-ring (bicyclic) bond motifs is 1. The Balaban J connectivity index is 1.85. The number of nitrogens with one attached hydrogen (secondary N) is 1. The third kappa shape index (κ3) is 7.11. The molecule has 30 heavy (non-hydrogen) atoms. The summed E-state index contributed by atoms with van der Waals surface area (Å²) in [5.74, 6) is 0.565. The van der Waals surface area contributed by atoms with Gasteiger partial charge in [0.25, 0.3) is 0 Å². The molecule has 2 aromatic rings. The van der Waals surface area contributed by atoms with Gasteiger partial charge in [0.2, 0.25) is 5.91 Å². The highest BCUT2D eigenvalue weighted by atomic mass is 19.1. The van der Waals surface area contributed by atoms with Crippen LogP contribution in [0, 0.1) is 5.82 Å². The standard InChI is InChI=1S/C24H31FN2O3/c25-22-9-6-20(7-10-22)16-27-17-21-15-19(5-4-13-28)8-11-23(21)30-14-3-1-2-12-26-24(29)18-27/h6-11,15,28H,1-5,12-14,16-18H2,(H,26,29). The van der Waals surface area contributed by atoms with Crippen LogP contribution in [-0.4, -0.2) is 42.2 Å². The van der Waals surface area contributed by atoms with Gasteiger partial charge in [0.15, 0.2) is 0 Å². The van der Waals surface area contributed by atoms with Crippen LogP contribution in [0.2, 0.25) is 0 Å². The number of hydrogen-bond acceptors (Lipinski definition) is 4. The van der Waals surface area contributed by atoms with Crippen molar-refractivity contribution in [3.63, 3.8) is 0 Å². The molecule has 0 atom stereocenters. The summed E-state index contributed by atoms with van der Waals surface area (Å²) in [6, 6.07) is 12.6. The molecule has 1 heterocycles. The molecule has 0 aliphatic carbocycles. The number of aliphatic hydroxyl groups is 1. The SMILES string of the molecule is O=C1CN(Cc2ccc(F)cc2)Cc2cc(CCCO)ccc2OCCCCCN1. The van der Waals surface area contributed by atoms with Gasteiger partial charge in [-0.2, -0.15) is 0 Å². The van der Waals surface area contributed by atoms with E-state index in [0.29, 0.717) is 32.7 Å². The number of hydrogen-bond donors (Lipinski definition) is 2. The number of carbonyl (C=O) groups is 1. The lowest BCUT2D eigenvalue weighted by Crippen LogP contribution is -2.37. The highest BCUT2D eigenvalue weighted by Crippen LogP contribution is 2.24. The zero-order valence-electron chi connectivity index (χ0n) is 17.4. The molecule has 0 fully saturated rings. The van der Waals surface area contributed by atoms with Gasteiger partial charge in [-0.25, -0.2) is 4.39 Å². The van der Waals surface area contributed by atoms with Crippen LogP contribution in [-0.2, 0) is 24.3 Å². The molecule has 3 rings (SSSR count). The third-order valence-electron chi connectivity index (χ3n) is 5.23. The zero-order chi connectivity index (χ0) is 21.2. The van der Waals surface area contributed by atoms with Crippen LogP contribution in [0.15, 0.2) is 42.5 Å². The Morgan fingerprint density at radius 1 is 1.03 bits per heavy atom. The Kier molecular flexibility index (Phi) is 8.66. The van der Waals surface area contributed by atoms with Gasteiger partial charge >= 0.3 is 0 Å². The molecule has 2 N–H and O–H groups in total. The number of nitrogens with zero attached hydrogens (tertiary/aromatic N) is 1. The van der Waals surface area contributed by atoms with Crippen molar-refractivity contribution in [2.75, 3.05) is 26.3 Å². The largest absolute Gasteiger partial charge is 0.493 e. The Bertz CT molecular complexity index is 811. The number of rotatable bonds is 5. The van der Waals surface area contributed by atoms with Gasteiger partial charge in [-0.15, -0.1) is 0 Å². The molecule has 1 amide bonds. The molecule has 1 aliphatic heterocycles. The van der Waals surface area contributed by atoms with Crippen molar-refractivity contribution in [1.82, 2.24) is 10.2 Å². The molecule has 1 aliphatic rings. The monoisotopic (exact) mass is 414 g/mol. The normalized spacial score (nSPS) is 16.4. The van der Waals surface area contributed by atoms with Crippen LogP contribution in [0.4, 0.5) is 4.39 Å². The number of aliphatic hydroxyl groups excluding tert-OH is 1. The number of halogens is 1. The van der Waals surface area contributed by atoms with Crippen molar-refractivity contribution in [3.8, 4) is 5.75 Å². The summed E-state index contributed by atoms with van der Waals surface area (Å²) < 4.78 is 19.4. The van der Waals surface area contributed by atoms with E-state index in [4.69, 9.17) is 9.84 Å². The van der Waals surface area contributed by atoms with Crippen molar-refractivity contribution >= 4 is 5.91 Å². The van der Waals surface area contributed by atoms with E-state index in [-0.39, 0.29) is 24.9 Å². The lowest BCUT2D eigenvalue weighted by atomic mass is 10.0. The Hall–Kier alpha value is -2.44. The van der Waals surface area contributed by atoms with Crippen molar-refractivity contribution in [1.29, 1.82) is 0 Å². The fourth-order valence-electron chi connectivity index (χ4n) is 3.67. The summed E-state index contributed by atoms with van der Waals surface area (Å²) >= 11 is 0. The maximum Gasteiger partial charge on any atom is 0.234 e. The first kappa shape index (κ1) is 22.2. The minimum Gasteiger partial charge on any atom is -0.493 e. The first-order valence-electron chi connectivity index (χ1n) is 10.7. The highest BCUT2D eigenvalue weighted by molar-refractivity contribution is 5.78. The van der Waals surface area contributed by atoms with E-state index < -0.39 is 0 Å². The molecule has 0 bridgehead atoms. The molecule has 0 unspecified atom stereocenters. The van der Waals surface area contributed by atoms with Gasteiger partial charge in [-0.1, -0.05) is 24.3 Å². The van der Waals surface area contributed by atoms with Crippen LogP contribution in [0.1, 0.15) is 42.4 Å². The van der Waals surface area contributed by atoms with Gasteiger partial charge in [0, 0.05) is 31.8 Å². The van der Waals surface area contributed by atoms with Crippen molar-refractivity contribution in [2.45, 2.75) is 45.2 Å². The fraction of sp³-hybridized carbons (Fsp3) is 0.458. The maximum absolute atomic E-state index is 13.3. The molecular weight excluding hydrogens is 383 g/mol. The Morgan fingerprint density at radius 3 is 2.63 bits per heavy atom. The second-order valence-corrected chi connectivity index (χ2v) is 7.80. The molecule has 0 saturated heterocycles. The van der Waals surface area contributed by atoms with Gasteiger partial charge in [-0.05, 0) is 61.4 Å². The van der Waals surface area contributed by atoms with E-state index >= 15 is 0 Å². The summed E-state index contributed by atoms with van der Waals surface area (Å²) in [7, 11) is 0. The first-order chi connectivity index (χ1) is 14.6. The smallest absolute Gasteiger partial charge is 0.234 e. The highest BCUT2D eigenvalue weighted by Gasteiger charge is 2.16. The predicted octanol–water partition coefficient (Wildman–Crippen LogP) is 3.43. The molecular formula is C24H31FN2O3. The first-order valence-corrected chi connectivity index (χ1v) is 10.7. The molecule has 162 valence electrons.